The number of imide groups is 1. The lowest BCUT2D eigenvalue weighted by molar-refractivity contribution is -0.121. The summed E-state index contributed by atoms with van der Waals surface area (Å²) in [6.45, 7) is 0.288. The molecule has 26 heavy (non-hydrogen) atoms. The molecule has 1 N–H and O–H groups in total. The number of fused-ring (bicyclic) bond motifs is 1. The minimum atomic E-state index is -0.401. The van der Waals surface area contributed by atoms with E-state index < -0.39 is 11.8 Å². The molecule has 1 heterocycles. The molecule has 0 radical (unpaired) electrons. The van der Waals surface area contributed by atoms with Gasteiger partial charge in [0.05, 0.1) is 11.1 Å². The average molecular weight is 348 g/mol. The van der Waals surface area contributed by atoms with Crippen LogP contribution < -0.4 is 5.32 Å². The van der Waals surface area contributed by atoms with Crippen LogP contribution in [0.15, 0.2) is 54.6 Å². The number of hydrogen-bond donors (Lipinski definition) is 1. The van der Waals surface area contributed by atoms with E-state index in [1.807, 2.05) is 18.2 Å². The second kappa shape index (κ2) is 6.41. The van der Waals surface area contributed by atoms with Crippen LogP contribution in [0.4, 0.5) is 0 Å². The molecule has 2 aliphatic rings. The smallest absolute Gasteiger partial charge is 0.262 e. The fourth-order valence-electron chi connectivity index (χ4n) is 3.81. The van der Waals surface area contributed by atoms with Gasteiger partial charge in [-0.2, -0.15) is 0 Å². The summed E-state index contributed by atoms with van der Waals surface area (Å²) >= 11 is 0. The van der Waals surface area contributed by atoms with Gasteiger partial charge in [-0.05, 0) is 30.5 Å². The van der Waals surface area contributed by atoms with Crippen LogP contribution in [0.3, 0.4) is 0 Å². The molecule has 5 nitrogen and oxygen atoms in total. The van der Waals surface area contributed by atoms with Crippen LogP contribution in [-0.2, 0) is 10.2 Å². The number of benzene rings is 2. The standard InChI is InChI=1S/C21H20N2O3/c24-18(13-23-19(25)16-9-4-5-10-17(16)20(23)26)22-14-21(11-6-12-21)15-7-2-1-3-8-15/h1-5,7-10H,6,11-14H2,(H,22,24). The molecule has 132 valence electrons. The topological polar surface area (TPSA) is 66.5 Å². The zero-order chi connectivity index (χ0) is 18.1. The van der Waals surface area contributed by atoms with Crippen molar-refractivity contribution in [1.29, 1.82) is 0 Å². The minimum Gasteiger partial charge on any atom is -0.354 e. The summed E-state index contributed by atoms with van der Waals surface area (Å²) in [7, 11) is 0. The van der Waals surface area contributed by atoms with E-state index >= 15 is 0 Å². The highest BCUT2D eigenvalue weighted by atomic mass is 16.2. The summed E-state index contributed by atoms with van der Waals surface area (Å²) in [5.74, 6) is -1.11. The summed E-state index contributed by atoms with van der Waals surface area (Å²) in [5.41, 5.74) is 1.93. The molecule has 2 aromatic rings. The van der Waals surface area contributed by atoms with Gasteiger partial charge in [-0.1, -0.05) is 48.9 Å². The molecule has 4 rings (SSSR count). The van der Waals surface area contributed by atoms with Gasteiger partial charge in [0.1, 0.15) is 6.54 Å². The van der Waals surface area contributed by atoms with E-state index in [0.717, 1.165) is 24.2 Å². The summed E-state index contributed by atoms with van der Waals surface area (Å²) in [6, 6.07) is 16.9. The molecule has 1 aliphatic heterocycles. The van der Waals surface area contributed by atoms with Gasteiger partial charge in [-0.3, -0.25) is 19.3 Å². The van der Waals surface area contributed by atoms with Gasteiger partial charge in [0, 0.05) is 12.0 Å². The number of carbonyl (C=O) groups is 3. The van der Waals surface area contributed by atoms with Gasteiger partial charge >= 0.3 is 0 Å². The maximum atomic E-state index is 12.4. The Morgan fingerprint density at radius 1 is 0.923 bits per heavy atom. The molecule has 0 saturated heterocycles. The van der Waals surface area contributed by atoms with Gasteiger partial charge in [0.15, 0.2) is 0 Å². The maximum absolute atomic E-state index is 12.4. The Bertz CT molecular complexity index is 837. The molecule has 3 amide bonds. The van der Waals surface area contributed by atoms with Crippen molar-refractivity contribution in [3.63, 3.8) is 0 Å². The summed E-state index contributed by atoms with van der Waals surface area (Å²) in [4.78, 5) is 38.1. The number of hydrogen-bond acceptors (Lipinski definition) is 3. The monoisotopic (exact) mass is 348 g/mol. The molecule has 1 aliphatic carbocycles. The predicted molar refractivity (Wildman–Crippen MR) is 96.8 cm³/mol. The van der Waals surface area contributed by atoms with Gasteiger partial charge in [-0.15, -0.1) is 0 Å². The Kier molecular flexibility index (Phi) is 4.07. The number of rotatable bonds is 5. The number of carbonyl (C=O) groups excluding carboxylic acids is 3. The SMILES string of the molecule is O=C(CN1C(=O)c2ccccc2C1=O)NCC1(c2ccccc2)CCC1. The van der Waals surface area contributed by atoms with E-state index in [0.29, 0.717) is 17.7 Å². The van der Waals surface area contributed by atoms with Gasteiger partial charge < -0.3 is 5.32 Å². The number of nitrogens with zero attached hydrogens (tertiary/aromatic N) is 1. The molecular formula is C21H20N2O3. The molecule has 0 bridgehead atoms. The molecular weight excluding hydrogens is 328 g/mol. The first kappa shape index (κ1) is 16.5. The molecule has 2 aromatic carbocycles. The largest absolute Gasteiger partial charge is 0.354 e. The first-order valence-electron chi connectivity index (χ1n) is 8.88. The van der Waals surface area contributed by atoms with Crippen molar-refractivity contribution in [1.82, 2.24) is 10.2 Å². The van der Waals surface area contributed by atoms with E-state index in [4.69, 9.17) is 0 Å². The van der Waals surface area contributed by atoms with Crippen molar-refractivity contribution in [2.75, 3.05) is 13.1 Å². The van der Waals surface area contributed by atoms with Crippen molar-refractivity contribution >= 4 is 17.7 Å². The number of nitrogens with one attached hydrogen (secondary N) is 1. The van der Waals surface area contributed by atoms with Gasteiger partial charge in [0.25, 0.3) is 11.8 Å². The maximum Gasteiger partial charge on any atom is 0.262 e. The fraction of sp³-hybridized carbons (Fsp3) is 0.286. The van der Waals surface area contributed by atoms with Crippen molar-refractivity contribution < 1.29 is 14.4 Å². The zero-order valence-electron chi connectivity index (χ0n) is 14.4. The van der Waals surface area contributed by atoms with E-state index in [9.17, 15) is 14.4 Å². The van der Waals surface area contributed by atoms with Crippen LogP contribution in [0.25, 0.3) is 0 Å². The molecule has 1 fully saturated rings. The summed E-state index contributed by atoms with van der Waals surface area (Å²) < 4.78 is 0. The first-order valence-corrected chi connectivity index (χ1v) is 8.88. The quantitative estimate of drug-likeness (QED) is 0.845. The van der Waals surface area contributed by atoms with Crippen LogP contribution in [0.2, 0.25) is 0 Å². The molecule has 0 spiro atoms. The van der Waals surface area contributed by atoms with Crippen LogP contribution in [0.5, 0.6) is 0 Å². The van der Waals surface area contributed by atoms with Gasteiger partial charge in [-0.25, -0.2) is 0 Å². The second-order valence-corrected chi connectivity index (χ2v) is 7.02. The highest BCUT2D eigenvalue weighted by Crippen LogP contribution is 2.43. The Labute approximate surface area is 152 Å². The third-order valence-electron chi connectivity index (χ3n) is 5.50. The van der Waals surface area contributed by atoms with Crippen LogP contribution in [0, 0.1) is 0 Å². The Balaban J connectivity index is 1.41. The molecule has 0 aromatic heterocycles. The van der Waals surface area contributed by atoms with Crippen molar-refractivity contribution in [3.8, 4) is 0 Å². The zero-order valence-corrected chi connectivity index (χ0v) is 14.4. The fourth-order valence-corrected chi connectivity index (χ4v) is 3.81. The van der Waals surface area contributed by atoms with E-state index in [-0.39, 0.29) is 17.9 Å². The van der Waals surface area contributed by atoms with Gasteiger partial charge in [0.2, 0.25) is 5.91 Å². The summed E-state index contributed by atoms with van der Waals surface area (Å²) in [5, 5.41) is 2.93. The Morgan fingerprint density at radius 3 is 2.04 bits per heavy atom. The molecule has 0 atom stereocenters. The second-order valence-electron chi connectivity index (χ2n) is 7.02. The first-order chi connectivity index (χ1) is 12.6. The lowest BCUT2D eigenvalue weighted by atomic mass is 9.64. The van der Waals surface area contributed by atoms with E-state index in [1.54, 1.807) is 24.3 Å². The van der Waals surface area contributed by atoms with E-state index in [1.165, 1.54) is 5.56 Å². The molecule has 0 unspecified atom stereocenters. The molecule has 1 saturated carbocycles. The minimum absolute atomic E-state index is 0.0289. The highest BCUT2D eigenvalue weighted by molar-refractivity contribution is 6.22. The average Bonchev–Trinajstić information content (AvgIpc) is 2.87. The number of amides is 3. The van der Waals surface area contributed by atoms with Crippen LogP contribution in [0.1, 0.15) is 45.5 Å². The lowest BCUT2D eigenvalue weighted by Gasteiger charge is -2.42. The highest BCUT2D eigenvalue weighted by Gasteiger charge is 2.40. The third kappa shape index (κ3) is 2.69. The van der Waals surface area contributed by atoms with E-state index in [2.05, 4.69) is 17.4 Å². The Hall–Kier alpha value is -2.95. The predicted octanol–water partition coefficient (Wildman–Crippen LogP) is 2.52. The van der Waals surface area contributed by atoms with Crippen molar-refractivity contribution in [2.24, 2.45) is 0 Å². The molecule has 5 heteroatoms. The Morgan fingerprint density at radius 2 is 1.50 bits per heavy atom. The van der Waals surface area contributed by atoms with Crippen LogP contribution in [-0.4, -0.2) is 35.7 Å². The van der Waals surface area contributed by atoms with Crippen LogP contribution >= 0.6 is 0 Å². The third-order valence-corrected chi connectivity index (χ3v) is 5.50. The summed E-state index contributed by atoms with van der Waals surface area (Å²) in [6.07, 6.45) is 3.21. The van der Waals surface area contributed by atoms with Crippen molar-refractivity contribution in [3.05, 3.63) is 71.3 Å². The normalized spacial score (nSPS) is 17.6. The lowest BCUT2D eigenvalue weighted by Crippen LogP contribution is -2.48. The van der Waals surface area contributed by atoms with Crippen molar-refractivity contribution in [2.45, 2.75) is 24.7 Å².